The number of rotatable bonds is 8. The summed E-state index contributed by atoms with van der Waals surface area (Å²) in [5.74, 6) is 0.902. The third kappa shape index (κ3) is 4.91. The maximum atomic E-state index is 12.1. The fourth-order valence-electron chi connectivity index (χ4n) is 3.88. The van der Waals surface area contributed by atoms with Crippen LogP contribution in [-0.2, 0) is 10.2 Å². The van der Waals surface area contributed by atoms with Crippen LogP contribution >= 0.6 is 0 Å². The maximum Gasteiger partial charge on any atom is 0.274 e. The molecule has 1 amide bonds. The van der Waals surface area contributed by atoms with E-state index in [1.807, 2.05) is 6.07 Å². The first-order chi connectivity index (χ1) is 14.2. The van der Waals surface area contributed by atoms with Crippen LogP contribution < -0.4 is 30.0 Å². The molecule has 2 aromatic rings. The van der Waals surface area contributed by atoms with Crippen LogP contribution in [-0.4, -0.2) is 53.2 Å². The average molecular weight is 438 g/mol. The van der Waals surface area contributed by atoms with Crippen LogP contribution in [0.2, 0.25) is 0 Å². The van der Waals surface area contributed by atoms with E-state index in [1.54, 1.807) is 20.3 Å². The lowest BCUT2D eigenvalue weighted by Crippen LogP contribution is -2.37. The molecular formula is C19H27N5O5S. The predicted octanol–water partition coefficient (Wildman–Crippen LogP) is 0.751. The normalized spacial score (nSPS) is 15.4. The number of hydrogen-bond acceptors (Lipinski definition) is 7. The van der Waals surface area contributed by atoms with Gasteiger partial charge >= 0.3 is 0 Å². The summed E-state index contributed by atoms with van der Waals surface area (Å²) < 4.78 is 35.1. The van der Waals surface area contributed by atoms with E-state index in [9.17, 15) is 13.2 Å². The number of carbonyl (C=O) groups is 1. The van der Waals surface area contributed by atoms with Gasteiger partial charge in [-0.05, 0) is 31.2 Å². The molecule has 1 aliphatic rings. The fraction of sp³-hybridized carbons (Fsp3) is 0.474. The van der Waals surface area contributed by atoms with E-state index >= 15 is 0 Å². The number of nitrogens with one attached hydrogen (secondary N) is 1. The molecule has 1 aliphatic heterocycles. The summed E-state index contributed by atoms with van der Waals surface area (Å²) in [6.45, 7) is 1.72. The molecule has 30 heavy (non-hydrogen) atoms. The highest BCUT2D eigenvalue weighted by Gasteiger charge is 2.25. The van der Waals surface area contributed by atoms with E-state index in [2.05, 4.69) is 14.6 Å². The van der Waals surface area contributed by atoms with E-state index in [-0.39, 0.29) is 0 Å². The van der Waals surface area contributed by atoms with E-state index in [0.717, 1.165) is 23.9 Å². The van der Waals surface area contributed by atoms with Gasteiger partial charge in [0.2, 0.25) is 0 Å². The van der Waals surface area contributed by atoms with Crippen molar-refractivity contribution < 1.29 is 22.7 Å². The Morgan fingerprint density at radius 3 is 2.43 bits per heavy atom. The highest BCUT2D eigenvalue weighted by molar-refractivity contribution is 7.87. The standard InChI is InChI=1S/C19H27N5O5S/c1-28-16-9-13-15(10-17(16)29-2)22-11-14(19(20)25)18(13)24-7-4-12(5-8-24)3-6-23-30(21,26)27/h9-12,23H,3-8H2,1-2H3,(H2,20,25)(H2,21,26,27). The first kappa shape index (κ1) is 22.1. The Labute approximate surface area is 175 Å². The number of benzene rings is 1. The molecule has 11 heteroatoms. The molecule has 0 aliphatic carbocycles. The van der Waals surface area contributed by atoms with Gasteiger partial charge in [0, 0.05) is 37.3 Å². The van der Waals surface area contributed by atoms with E-state index < -0.39 is 16.1 Å². The Kier molecular flexibility index (Phi) is 6.64. The van der Waals surface area contributed by atoms with Crippen LogP contribution in [0.15, 0.2) is 18.3 Å². The second-order valence-electron chi connectivity index (χ2n) is 7.27. The Morgan fingerprint density at radius 1 is 1.23 bits per heavy atom. The van der Waals surface area contributed by atoms with Gasteiger partial charge in [0.25, 0.3) is 16.1 Å². The summed E-state index contributed by atoms with van der Waals surface area (Å²) in [5.41, 5.74) is 7.39. The molecule has 1 aromatic carbocycles. The van der Waals surface area contributed by atoms with Crippen molar-refractivity contribution in [3.63, 3.8) is 0 Å². The third-order valence-corrected chi connectivity index (χ3v) is 6.00. The molecule has 0 radical (unpaired) electrons. The number of fused-ring (bicyclic) bond motifs is 1. The summed E-state index contributed by atoms with van der Waals surface area (Å²) in [5, 5.41) is 5.74. The van der Waals surface area contributed by atoms with Gasteiger partial charge in [0.1, 0.15) is 0 Å². The SMILES string of the molecule is COc1cc2ncc(C(N)=O)c(N3CCC(CCNS(N)(=O)=O)CC3)c2cc1OC. The lowest BCUT2D eigenvalue weighted by atomic mass is 9.92. The van der Waals surface area contributed by atoms with Crippen LogP contribution in [0.3, 0.4) is 0 Å². The van der Waals surface area contributed by atoms with Crippen molar-refractivity contribution in [2.75, 3.05) is 38.8 Å². The molecule has 5 N–H and O–H groups in total. The first-order valence-electron chi connectivity index (χ1n) is 9.60. The molecule has 1 aromatic heterocycles. The zero-order valence-electron chi connectivity index (χ0n) is 17.1. The molecule has 1 fully saturated rings. The summed E-state index contributed by atoms with van der Waals surface area (Å²) in [7, 11) is -0.567. The number of nitrogens with zero attached hydrogens (tertiary/aromatic N) is 2. The Bertz CT molecular complexity index is 1040. The Hall–Kier alpha value is -2.63. The number of piperidine rings is 1. The quantitative estimate of drug-likeness (QED) is 0.551. The average Bonchev–Trinajstić information content (AvgIpc) is 2.71. The lowest BCUT2D eigenvalue weighted by Gasteiger charge is -2.35. The van der Waals surface area contributed by atoms with Gasteiger partial charge in [-0.2, -0.15) is 8.42 Å². The van der Waals surface area contributed by atoms with Crippen LogP contribution in [0.25, 0.3) is 10.9 Å². The molecule has 0 saturated carbocycles. The number of carbonyl (C=O) groups excluding carboxylic acids is 1. The molecule has 0 unspecified atom stereocenters. The number of nitrogens with two attached hydrogens (primary N) is 2. The molecular weight excluding hydrogens is 410 g/mol. The minimum absolute atomic E-state index is 0.311. The number of hydrogen-bond donors (Lipinski definition) is 3. The fourth-order valence-corrected chi connectivity index (χ4v) is 4.28. The number of ether oxygens (including phenoxy) is 2. The second kappa shape index (κ2) is 9.02. The van der Waals surface area contributed by atoms with Crippen LogP contribution in [0.1, 0.15) is 29.6 Å². The van der Waals surface area contributed by atoms with Crippen molar-refractivity contribution in [1.82, 2.24) is 9.71 Å². The molecule has 0 bridgehead atoms. The van der Waals surface area contributed by atoms with Gasteiger partial charge in [0.15, 0.2) is 11.5 Å². The van der Waals surface area contributed by atoms with Gasteiger partial charge in [-0.1, -0.05) is 0 Å². The molecule has 0 atom stereocenters. The summed E-state index contributed by atoms with van der Waals surface area (Å²) >= 11 is 0. The number of aromatic nitrogens is 1. The summed E-state index contributed by atoms with van der Waals surface area (Å²) in [4.78, 5) is 18.6. The number of primary amides is 1. The highest BCUT2D eigenvalue weighted by Crippen LogP contribution is 2.38. The highest BCUT2D eigenvalue weighted by atomic mass is 32.2. The van der Waals surface area contributed by atoms with Gasteiger partial charge in [-0.25, -0.2) is 9.86 Å². The zero-order valence-corrected chi connectivity index (χ0v) is 17.9. The summed E-state index contributed by atoms with van der Waals surface area (Å²) in [6.07, 6.45) is 3.90. The van der Waals surface area contributed by atoms with Gasteiger partial charge in [-0.3, -0.25) is 9.78 Å². The molecule has 0 spiro atoms. The molecule has 3 rings (SSSR count). The van der Waals surface area contributed by atoms with E-state index in [4.69, 9.17) is 20.3 Å². The van der Waals surface area contributed by atoms with Gasteiger partial charge < -0.3 is 20.1 Å². The molecule has 2 heterocycles. The summed E-state index contributed by atoms with van der Waals surface area (Å²) in [6, 6.07) is 3.58. The monoisotopic (exact) mass is 437 g/mol. The molecule has 1 saturated heterocycles. The largest absolute Gasteiger partial charge is 0.493 e. The third-order valence-electron chi connectivity index (χ3n) is 5.40. The van der Waals surface area contributed by atoms with Crippen LogP contribution in [0, 0.1) is 5.92 Å². The topological polar surface area (TPSA) is 150 Å². The number of methoxy groups -OCH3 is 2. The minimum atomic E-state index is -3.67. The van der Waals surface area contributed by atoms with Gasteiger partial charge in [0.05, 0.1) is 31.0 Å². The van der Waals surface area contributed by atoms with E-state index in [0.29, 0.717) is 54.6 Å². The second-order valence-corrected chi connectivity index (χ2v) is 8.65. The molecule has 10 nitrogen and oxygen atoms in total. The van der Waals surface area contributed by atoms with Crippen molar-refractivity contribution in [3.05, 3.63) is 23.9 Å². The Balaban J connectivity index is 1.87. The zero-order chi connectivity index (χ0) is 21.9. The van der Waals surface area contributed by atoms with Gasteiger partial charge in [-0.15, -0.1) is 0 Å². The van der Waals surface area contributed by atoms with Crippen molar-refractivity contribution in [3.8, 4) is 11.5 Å². The van der Waals surface area contributed by atoms with Crippen LogP contribution in [0.4, 0.5) is 5.69 Å². The maximum absolute atomic E-state index is 12.1. The Morgan fingerprint density at radius 2 is 1.87 bits per heavy atom. The number of pyridine rings is 1. The van der Waals surface area contributed by atoms with Crippen molar-refractivity contribution in [2.45, 2.75) is 19.3 Å². The first-order valence-corrected chi connectivity index (χ1v) is 11.1. The van der Waals surface area contributed by atoms with Crippen molar-refractivity contribution in [1.29, 1.82) is 0 Å². The van der Waals surface area contributed by atoms with Crippen molar-refractivity contribution in [2.24, 2.45) is 16.8 Å². The van der Waals surface area contributed by atoms with Crippen molar-refractivity contribution >= 4 is 32.7 Å². The minimum Gasteiger partial charge on any atom is -0.493 e. The lowest BCUT2D eigenvalue weighted by molar-refractivity contribution is 0.100. The van der Waals surface area contributed by atoms with Crippen LogP contribution in [0.5, 0.6) is 11.5 Å². The number of anilines is 1. The molecule has 164 valence electrons. The van der Waals surface area contributed by atoms with E-state index in [1.165, 1.54) is 6.20 Å². The smallest absolute Gasteiger partial charge is 0.274 e. The number of amides is 1. The predicted molar refractivity (Wildman–Crippen MR) is 114 cm³/mol.